The highest BCUT2D eigenvalue weighted by Crippen LogP contribution is 2.16. The normalized spacial score (nSPS) is 15.7. The van der Waals surface area contributed by atoms with E-state index >= 15 is 0 Å². The minimum absolute atomic E-state index is 0.0553. The zero-order valence-corrected chi connectivity index (χ0v) is 19.8. The molecule has 0 spiro atoms. The predicted molar refractivity (Wildman–Crippen MR) is 128 cm³/mol. The minimum Gasteiger partial charge on any atom is -0.351 e. The Kier molecular flexibility index (Phi) is 8.54. The maximum Gasteiger partial charge on any atom is 0.251 e. The van der Waals surface area contributed by atoms with Gasteiger partial charge in [0.1, 0.15) is 0 Å². The van der Waals surface area contributed by atoms with Crippen molar-refractivity contribution in [3.63, 3.8) is 0 Å². The van der Waals surface area contributed by atoms with Crippen molar-refractivity contribution in [2.75, 3.05) is 44.7 Å². The summed E-state index contributed by atoms with van der Waals surface area (Å²) in [4.78, 5) is 14.7. The van der Waals surface area contributed by atoms with Gasteiger partial charge in [-0.3, -0.25) is 9.69 Å². The highest BCUT2D eigenvalue weighted by atomic mass is 32.2. The number of nitrogens with one attached hydrogen (secondary N) is 1. The van der Waals surface area contributed by atoms with Crippen LogP contribution < -0.4 is 5.32 Å². The molecule has 0 saturated carbocycles. The van der Waals surface area contributed by atoms with Gasteiger partial charge >= 0.3 is 0 Å². The van der Waals surface area contributed by atoms with Gasteiger partial charge in [0.2, 0.25) is 10.0 Å². The fourth-order valence-corrected chi connectivity index (χ4v) is 5.34. The average molecular weight is 462 g/mol. The summed E-state index contributed by atoms with van der Waals surface area (Å²) in [5, 5.41) is 3.01. The molecule has 1 heterocycles. The van der Waals surface area contributed by atoms with Crippen LogP contribution in [-0.2, 0) is 22.3 Å². The Morgan fingerprint density at radius 2 is 1.81 bits per heavy atom. The summed E-state index contributed by atoms with van der Waals surface area (Å²) in [6.45, 7) is 5.88. The van der Waals surface area contributed by atoms with Crippen LogP contribution in [0.4, 0.5) is 0 Å². The smallest absolute Gasteiger partial charge is 0.251 e. The number of carbonyl (C=O) groups is 1. The van der Waals surface area contributed by atoms with Gasteiger partial charge in [-0.15, -0.1) is 0 Å². The zero-order valence-electron chi connectivity index (χ0n) is 18.2. The van der Waals surface area contributed by atoms with Crippen LogP contribution in [0, 0.1) is 6.92 Å². The summed E-state index contributed by atoms with van der Waals surface area (Å²) < 4.78 is 24.8. The van der Waals surface area contributed by atoms with Gasteiger partial charge in [-0.25, -0.2) is 8.42 Å². The lowest BCUT2D eigenvalue weighted by Gasteiger charge is -2.33. The molecule has 0 unspecified atom stereocenters. The number of thioether (sulfide) groups is 1. The van der Waals surface area contributed by atoms with Crippen molar-refractivity contribution in [1.29, 1.82) is 0 Å². The van der Waals surface area contributed by atoms with Gasteiger partial charge in [-0.2, -0.15) is 16.1 Å². The molecule has 1 amide bonds. The van der Waals surface area contributed by atoms with Gasteiger partial charge in [0.15, 0.2) is 0 Å². The van der Waals surface area contributed by atoms with E-state index < -0.39 is 10.0 Å². The molecule has 1 fully saturated rings. The summed E-state index contributed by atoms with van der Waals surface area (Å²) in [5.74, 6) is 1.76. The SMILES string of the molecule is Cc1ccccc1CSCCNC(=O)c1cccc(CN2CCN(S(C)(=O)=O)CC2)c1. The molecule has 1 aliphatic heterocycles. The van der Waals surface area contributed by atoms with Gasteiger partial charge in [0.05, 0.1) is 6.26 Å². The number of piperazine rings is 1. The number of benzene rings is 2. The third-order valence-electron chi connectivity index (χ3n) is 5.45. The number of sulfonamides is 1. The third kappa shape index (κ3) is 7.35. The Hall–Kier alpha value is -1.87. The highest BCUT2D eigenvalue weighted by Gasteiger charge is 2.23. The van der Waals surface area contributed by atoms with Crippen LogP contribution in [0.25, 0.3) is 0 Å². The standard InChI is InChI=1S/C23H31N3O3S2/c1-19-6-3-4-8-22(19)18-30-15-10-24-23(27)21-9-5-7-20(16-21)17-25-11-13-26(14-12-25)31(2,28)29/h3-9,16H,10-15,17-18H2,1-2H3,(H,24,27). The first-order valence-corrected chi connectivity index (χ1v) is 13.5. The van der Waals surface area contributed by atoms with E-state index in [9.17, 15) is 13.2 Å². The van der Waals surface area contributed by atoms with Gasteiger partial charge in [-0.05, 0) is 35.7 Å². The van der Waals surface area contributed by atoms with Crippen LogP contribution in [-0.4, -0.2) is 68.3 Å². The molecule has 8 heteroatoms. The lowest BCUT2D eigenvalue weighted by molar-refractivity contribution is 0.0956. The molecule has 1 aliphatic rings. The molecule has 0 atom stereocenters. The molecule has 3 rings (SSSR count). The monoisotopic (exact) mass is 461 g/mol. The molecule has 2 aromatic rings. The van der Waals surface area contributed by atoms with Crippen molar-refractivity contribution in [2.45, 2.75) is 19.2 Å². The van der Waals surface area contributed by atoms with E-state index in [1.807, 2.05) is 42.1 Å². The quantitative estimate of drug-likeness (QED) is 0.582. The maximum atomic E-state index is 12.5. The van der Waals surface area contributed by atoms with Crippen molar-refractivity contribution in [3.05, 3.63) is 70.8 Å². The largest absolute Gasteiger partial charge is 0.351 e. The number of carbonyl (C=O) groups excluding carboxylic acids is 1. The van der Waals surface area contributed by atoms with E-state index in [-0.39, 0.29) is 5.91 Å². The molecule has 0 radical (unpaired) electrons. The van der Waals surface area contributed by atoms with Gasteiger partial charge < -0.3 is 5.32 Å². The van der Waals surface area contributed by atoms with Crippen molar-refractivity contribution in [1.82, 2.24) is 14.5 Å². The van der Waals surface area contributed by atoms with Crippen LogP contribution >= 0.6 is 11.8 Å². The molecule has 1 saturated heterocycles. The molecular formula is C23H31N3O3S2. The Morgan fingerprint density at radius 1 is 1.06 bits per heavy atom. The van der Waals surface area contributed by atoms with E-state index in [0.717, 1.165) is 17.1 Å². The van der Waals surface area contributed by atoms with Gasteiger partial charge in [0.25, 0.3) is 5.91 Å². The summed E-state index contributed by atoms with van der Waals surface area (Å²) in [6.07, 6.45) is 1.26. The van der Waals surface area contributed by atoms with E-state index in [0.29, 0.717) is 44.8 Å². The van der Waals surface area contributed by atoms with Crippen LogP contribution in [0.2, 0.25) is 0 Å². The number of nitrogens with zero attached hydrogens (tertiary/aromatic N) is 2. The molecule has 6 nitrogen and oxygen atoms in total. The molecule has 168 valence electrons. The summed E-state index contributed by atoms with van der Waals surface area (Å²) >= 11 is 1.82. The molecule has 31 heavy (non-hydrogen) atoms. The second kappa shape index (κ2) is 11.1. The van der Waals surface area contributed by atoms with Gasteiger partial charge in [-0.1, -0.05) is 36.4 Å². The fourth-order valence-electron chi connectivity index (χ4n) is 3.58. The van der Waals surface area contributed by atoms with Crippen molar-refractivity contribution in [2.24, 2.45) is 0 Å². The van der Waals surface area contributed by atoms with Crippen molar-refractivity contribution in [3.8, 4) is 0 Å². The second-order valence-electron chi connectivity index (χ2n) is 7.87. The Bertz CT molecular complexity index is 987. The Balaban J connectivity index is 1.42. The first-order chi connectivity index (χ1) is 14.8. The summed E-state index contributed by atoms with van der Waals surface area (Å²) in [5.41, 5.74) is 4.36. The number of aryl methyl sites for hydroxylation is 1. The highest BCUT2D eigenvalue weighted by molar-refractivity contribution is 7.98. The van der Waals surface area contributed by atoms with E-state index in [1.54, 1.807) is 0 Å². The number of hydrogen-bond donors (Lipinski definition) is 1. The molecule has 2 aromatic carbocycles. The zero-order chi connectivity index (χ0) is 22.3. The first-order valence-electron chi connectivity index (χ1n) is 10.5. The van der Waals surface area contributed by atoms with E-state index in [1.165, 1.54) is 21.7 Å². The van der Waals surface area contributed by atoms with Crippen LogP contribution in [0.3, 0.4) is 0 Å². The van der Waals surface area contributed by atoms with E-state index in [4.69, 9.17) is 0 Å². The lowest BCUT2D eigenvalue weighted by atomic mass is 10.1. The Labute approximate surface area is 190 Å². The van der Waals surface area contributed by atoms with E-state index in [2.05, 4.69) is 35.3 Å². The number of amides is 1. The molecule has 0 aliphatic carbocycles. The number of hydrogen-bond acceptors (Lipinski definition) is 5. The summed E-state index contributed by atoms with van der Waals surface area (Å²) in [6, 6.07) is 16.1. The fraction of sp³-hybridized carbons (Fsp3) is 0.435. The first kappa shape index (κ1) is 23.8. The molecule has 0 aromatic heterocycles. The third-order valence-corrected chi connectivity index (χ3v) is 7.76. The molecule has 0 bridgehead atoms. The number of rotatable bonds is 9. The predicted octanol–water partition coefficient (Wildman–Crippen LogP) is 2.74. The topological polar surface area (TPSA) is 69.7 Å². The van der Waals surface area contributed by atoms with Crippen LogP contribution in [0.5, 0.6) is 0 Å². The second-order valence-corrected chi connectivity index (χ2v) is 11.0. The van der Waals surface area contributed by atoms with Crippen LogP contribution in [0.1, 0.15) is 27.0 Å². The minimum atomic E-state index is -3.12. The average Bonchev–Trinajstić information content (AvgIpc) is 2.74. The molecule has 1 N–H and O–H groups in total. The maximum absolute atomic E-state index is 12.5. The Morgan fingerprint density at radius 3 is 2.52 bits per heavy atom. The van der Waals surface area contributed by atoms with Crippen LogP contribution in [0.15, 0.2) is 48.5 Å². The van der Waals surface area contributed by atoms with Gasteiger partial charge in [0, 0.05) is 56.3 Å². The van der Waals surface area contributed by atoms with Crippen molar-refractivity contribution < 1.29 is 13.2 Å². The van der Waals surface area contributed by atoms with Crippen molar-refractivity contribution >= 4 is 27.7 Å². The molecular weight excluding hydrogens is 430 g/mol. The lowest BCUT2D eigenvalue weighted by Crippen LogP contribution is -2.47. The summed E-state index contributed by atoms with van der Waals surface area (Å²) in [7, 11) is -3.12.